The van der Waals surface area contributed by atoms with Crippen LogP contribution in [0.5, 0.6) is 11.5 Å². The summed E-state index contributed by atoms with van der Waals surface area (Å²) in [5.74, 6) is -2.13. The number of ether oxygens (including phenoxy) is 2. The van der Waals surface area contributed by atoms with E-state index in [1.807, 2.05) is 0 Å². The van der Waals surface area contributed by atoms with Crippen molar-refractivity contribution in [3.63, 3.8) is 0 Å². The second-order valence-corrected chi connectivity index (χ2v) is 9.44. The number of nitro benzene ring substituents is 1. The Bertz CT molecular complexity index is 1130. The molecule has 36 heavy (non-hydrogen) atoms. The monoisotopic (exact) mass is 513 g/mol. The van der Waals surface area contributed by atoms with E-state index in [1.165, 1.54) is 24.1 Å². The highest BCUT2D eigenvalue weighted by Crippen LogP contribution is 2.48. The molecule has 0 radical (unpaired) electrons. The summed E-state index contributed by atoms with van der Waals surface area (Å²) in [6.45, 7) is 5.30. The lowest BCUT2D eigenvalue weighted by Gasteiger charge is -2.32. The van der Waals surface area contributed by atoms with Gasteiger partial charge in [-0.2, -0.15) is 13.2 Å². The molecule has 1 fully saturated rings. The summed E-state index contributed by atoms with van der Waals surface area (Å²) in [7, 11) is 1.27. The van der Waals surface area contributed by atoms with Crippen LogP contribution in [0, 0.1) is 15.9 Å². The number of para-hydroxylation sites is 1. The number of rotatable bonds is 6. The smallest absolute Gasteiger partial charge is 0.422 e. The van der Waals surface area contributed by atoms with Crippen molar-refractivity contribution in [2.24, 2.45) is 0 Å². The molecule has 0 aliphatic carbocycles. The Morgan fingerprint density at radius 2 is 1.83 bits per heavy atom. The van der Waals surface area contributed by atoms with E-state index in [9.17, 15) is 32.5 Å². The summed E-state index contributed by atoms with van der Waals surface area (Å²) in [6.07, 6.45) is -4.61. The molecule has 3 rings (SSSR count). The van der Waals surface area contributed by atoms with Gasteiger partial charge in [-0.15, -0.1) is 0 Å². The van der Waals surface area contributed by atoms with Gasteiger partial charge in [-0.3, -0.25) is 10.1 Å². The molecule has 1 aliphatic heterocycles. The van der Waals surface area contributed by atoms with Crippen LogP contribution in [0.4, 0.5) is 33.7 Å². The molecule has 2 aromatic rings. The van der Waals surface area contributed by atoms with E-state index in [4.69, 9.17) is 9.47 Å². The molecular weight excluding hydrogens is 486 g/mol. The maximum absolute atomic E-state index is 14.3. The van der Waals surface area contributed by atoms with Crippen LogP contribution in [0.2, 0.25) is 0 Å². The van der Waals surface area contributed by atoms with Gasteiger partial charge in [-0.25, -0.2) is 9.18 Å². The number of hydrogen-bond acceptors (Lipinski definition) is 6. The summed E-state index contributed by atoms with van der Waals surface area (Å²) >= 11 is 0. The first-order valence-electron chi connectivity index (χ1n) is 11.2. The van der Waals surface area contributed by atoms with Gasteiger partial charge in [-0.05, 0) is 51.8 Å². The summed E-state index contributed by atoms with van der Waals surface area (Å²) < 4.78 is 67.7. The molecule has 196 valence electrons. The van der Waals surface area contributed by atoms with E-state index < -0.39 is 63.1 Å². The van der Waals surface area contributed by atoms with Gasteiger partial charge < -0.3 is 19.3 Å². The van der Waals surface area contributed by atoms with E-state index in [1.54, 1.807) is 20.8 Å². The average molecular weight is 513 g/mol. The Morgan fingerprint density at radius 3 is 2.42 bits per heavy atom. The first kappa shape index (κ1) is 27.0. The lowest BCUT2D eigenvalue weighted by molar-refractivity contribution is -0.384. The quantitative estimate of drug-likeness (QED) is 0.253. The van der Waals surface area contributed by atoms with E-state index >= 15 is 0 Å². The molecule has 1 atom stereocenters. The summed E-state index contributed by atoms with van der Waals surface area (Å²) in [6, 6.07) is 6.05. The largest absolute Gasteiger partial charge is 0.454 e. The minimum atomic E-state index is -5.07. The first-order chi connectivity index (χ1) is 16.7. The van der Waals surface area contributed by atoms with Crippen LogP contribution >= 0.6 is 0 Å². The van der Waals surface area contributed by atoms with Crippen molar-refractivity contribution in [1.29, 1.82) is 0 Å². The zero-order valence-corrected chi connectivity index (χ0v) is 20.3. The lowest BCUT2D eigenvalue weighted by Crippen LogP contribution is -2.44. The van der Waals surface area contributed by atoms with Gasteiger partial charge in [0.15, 0.2) is 11.6 Å². The number of benzene rings is 2. The third kappa shape index (κ3) is 6.16. The SMILES string of the molecule is CN(CC1CCCN1C(=O)OC(C)(C)C)c1c([N+](=O)[O-])ccc(Oc2ccccc2F)c1C(F)(F)F. The fraction of sp³-hybridized carbons (Fsp3) is 0.458. The van der Waals surface area contributed by atoms with E-state index in [2.05, 4.69) is 0 Å². The molecule has 0 saturated carbocycles. The topological polar surface area (TPSA) is 85.2 Å². The number of halogens is 4. The van der Waals surface area contributed by atoms with Gasteiger partial charge in [-0.1, -0.05) is 12.1 Å². The Hall–Kier alpha value is -3.57. The van der Waals surface area contributed by atoms with Crippen LogP contribution in [0.25, 0.3) is 0 Å². The van der Waals surface area contributed by atoms with E-state index in [-0.39, 0.29) is 6.54 Å². The molecule has 8 nitrogen and oxygen atoms in total. The first-order valence-corrected chi connectivity index (χ1v) is 11.2. The van der Waals surface area contributed by atoms with Crippen molar-refractivity contribution in [3.8, 4) is 11.5 Å². The van der Waals surface area contributed by atoms with Crippen molar-refractivity contribution in [3.05, 3.63) is 57.9 Å². The number of carbonyl (C=O) groups is 1. The molecule has 12 heteroatoms. The third-order valence-corrected chi connectivity index (χ3v) is 5.53. The van der Waals surface area contributed by atoms with E-state index in [0.29, 0.717) is 19.4 Å². The van der Waals surface area contributed by atoms with Crippen molar-refractivity contribution >= 4 is 17.5 Å². The van der Waals surface area contributed by atoms with Gasteiger partial charge in [0.1, 0.15) is 22.6 Å². The van der Waals surface area contributed by atoms with Gasteiger partial charge in [0.2, 0.25) is 0 Å². The van der Waals surface area contributed by atoms with Gasteiger partial charge in [0.05, 0.1) is 11.0 Å². The van der Waals surface area contributed by atoms with Crippen LogP contribution in [-0.2, 0) is 10.9 Å². The van der Waals surface area contributed by atoms with Crippen LogP contribution in [-0.4, -0.2) is 47.7 Å². The molecule has 0 bridgehead atoms. The fourth-order valence-electron chi connectivity index (χ4n) is 4.09. The maximum atomic E-state index is 14.3. The molecule has 1 unspecified atom stereocenters. The van der Waals surface area contributed by atoms with Gasteiger partial charge >= 0.3 is 12.3 Å². The fourth-order valence-corrected chi connectivity index (χ4v) is 4.09. The second-order valence-electron chi connectivity index (χ2n) is 9.44. The van der Waals surface area contributed by atoms with Crippen molar-refractivity contribution in [1.82, 2.24) is 4.90 Å². The zero-order chi connectivity index (χ0) is 26.8. The van der Waals surface area contributed by atoms with Gasteiger partial charge in [0.25, 0.3) is 5.69 Å². The second kappa shape index (κ2) is 10.2. The van der Waals surface area contributed by atoms with Crippen molar-refractivity contribution < 1.29 is 36.8 Å². The summed E-state index contributed by atoms with van der Waals surface area (Å²) in [4.78, 5) is 25.9. The molecule has 2 aromatic carbocycles. The number of amides is 1. The Balaban J connectivity index is 2.03. The number of likely N-dealkylation sites (N-methyl/N-ethyl adjacent to an activating group) is 1. The number of nitro groups is 1. The molecule has 0 spiro atoms. The highest BCUT2D eigenvalue weighted by molar-refractivity contribution is 5.73. The van der Waals surface area contributed by atoms with Crippen molar-refractivity contribution in [2.45, 2.75) is 51.4 Å². The predicted molar refractivity (Wildman–Crippen MR) is 124 cm³/mol. The van der Waals surface area contributed by atoms with Crippen LogP contribution in [0.1, 0.15) is 39.2 Å². The molecule has 1 saturated heterocycles. The zero-order valence-electron chi connectivity index (χ0n) is 20.3. The highest BCUT2D eigenvalue weighted by atomic mass is 19.4. The number of carbonyl (C=O) groups excluding carboxylic acids is 1. The van der Waals surface area contributed by atoms with Crippen LogP contribution in [0.3, 0.4) is 0 Å². The summed E-state index contributed by atoms with van der Waals surface area (Å²) in [5, 5.41) is 11.7. The normalized spacial score (nSPS) is 16.1. The lowest BCUT2D eigenvalue weighted by atomic mass is 10.1. The Kier molecular flexibility index (Phi) is 7.65. The number of nitrogens with zero attached hydrogens (tertiary/aromatic N) is 3. The average Bonchev–Trinajstić information content (AvgIpc) is 3.21. The third-order valence-electron chi connectivity index (χ3n) is 5.53. The van der Waals surface area contributed by atoms with Crippen molar-refractivity contribution in [2.75, 3.05) is 25.0 Å². The van der Waals surface area contributed by atoms with Crippen LogP contribution in [0.15, 0.2) is 36.4 Å². The number of anilines is 1. The number of alkyl halides is 3. The Labute approximate surface area is 205 Å². The predicted octanol–water partition coefficient (Wildman–Crippen LogP) is 6.38. The maximum Gasteiger partial charge on any atom is 0.422 e. The molecule has 0 aromatic heterocycles. The summed E-state index contributed by atoms with van der Waals surface area (Å²) in [5.41, 5.74) is -3.72. The molecule has 0 N–H and O–H groups in total. The standard InChI is InChI=1S/C24H27F4N3O5/c1-23(2,3)36-22(32)30-13-7-8-15(30)14-29(4)21-17(31(33)34)11-12-19(20(21)24(26,27)28)35-18-10-6-5-9-16(18)25/h5-6,9-12,15H,7-8,13-14H2,1-4H3. The van der Waals surface area contributed by atoms with E-state index in [0.717, 1.165) is 29.2 Å². The highest BCUT2D eigenvalue weighted by Gasteiger charge is 2.43. The molecule has 1 amide bonds. The van der Waals surface area contributed by atoms with Gasteiger partial charge in [0, 0.05) is 26.2 Å². The number of likely N-dealkylation sites (tertiary alicyclic amines) is 1. The minimum Gasteiger partial charge on any atom is -0.454 e. The van der Waals surface area contributed by atoms with Crippen LogP contribution < -0.4 is 9.64 Å². The molecule has 1 aliphatic rings. The molecular formula is C24H27F4N3O5. The molecule has 1 heterocycles. The Morgan fingerprint density at radius 1 is 1.17 bits per heavy atom. The number of hydrogen-bond donors (Lipinski definition) is 0. The minimum absolute atomic E-state index is 0.133.